The van der Waals surface area contributed by atoms with Gasteiger partial charge in [0.15, 0.2) is 0 Å². The number of hydrogen-bond acceptors (Lipinski definition) is 6. The molecule has 0 N–H and O–H groups in total. The second-order valence-electron chi connectivity index (χ2n) is 5.53. The van der Waals surface area contributed by atoms with E-state index in [0.29, 0.717) is 18.3 Å². The number of thiophene rings is 1. The van der Waals surface area contributed by atoms with Crippen LogP contribution in [0.3, 0.4) is 0 Å². The standard InChI is InChI=1S/C16H15BrN2O3S/c1-20-14(10-4-5-21-7-10)16-18-15(19-22-16)9-2-3-13-11(6-9)12(17)8-23-13/h2-3,6,8,10,14H,4-5,7H2,1H3. The predicted octanol–water partition coefficient (Wildman–Crippen LogP) is 4.44. The Morgan fingerprint density at radius 3 is 3.13 bits per heavy atom. The van der Waals surface area contributed by atoms with Crippen molar-refractivity contribution in [2.75, 3.05) is 20.3 Å². The van der Waals surface area contributed by atoms with E-state index in [1.807, 2.05) is 6.07 Å². The van der Waals surface area contributed by atoms with Crippen LogP contribution in [0.5, 0.6) is 0 Å². The molecule has 2 atom stereocenters. The number of benzene rings is 1. The summed E-state index contributed by atoms with van der Waals surface area (Å²) in [6.45, 7) is 1.43. The van der Waals surface area contributed by atoms with Gasteiger partial charge in [0.05, 0.1) is 6.61 Å². The zero-order valence-electron chi connectivity index (χ0n) is 12.5. The van der Waals surface area contributed by atoms with Crippen LogP contribution in [-0.2, 0) is 9.47 Å². The van der Waals surface area contributed by atoms with Gasteiger partial charge in [-0.2, -0.15) is 4.98 Å². The summed E-state index contributed by atoms with van der Waals surface area (Å²) in [5.74, 6) is 1.37. The smallest absolute Gasteiger partial charge is 0.256 e. The van der Waals surface area contributed by atoms with Gasteiger partial charge >= 0.3 is 0 Å². The first-order chi connectivity index (χ1) is 11.3. The highest BCUT2D eigenvalue weighted by Gasteiger charge is 2.31. The molecule has 23 heavy (non-hydrogen) atoms. The monoisotopic (exact) mass is 394 g/mol. The number of nitrogens with zero attached hydrogens (tertiary/aromatic N) is 2. The van der Waals surface area contributed by atoms with E-state index < -0.39 is 0 Å². The molecule has 1 aliphatic rings. The molecule has 0 spiro atoms. The third-order valence-electron chi connectivity index (χ3n) is 4.12. The number of fused-ring (bicyclic) bond motifs is 1. The van der Waals surface area contributed by atoms with E-state index in [2.05, 4.69) is 43.6 Å². The van der Waals surface area contributed by atoms with Crippen molar-refractivity contribution in [3.63, 3.8) is 0 Å². The molecule has 1 saturated heterocycles. The van der Waals surface area contributed by atoms with Gasteiger partial charge in [-0.3, -0.25) is 0 Å². The van der Waals surface area contributed by atoms with Gasteiger partial charge in [-0.15, -0.1) is 11.3 Å². The van der Waals surface area contributed by atoms with Crippen molar-refractivity contribution in [1.29, 1.82) is 0 Å². The van der Waals surface area contributed by atoms with Gasteiger partial charge in [-0.05, 0) is 40.5 Å². The SMILES string of the molecule is COC(c1nc(-c2ccc3scc(Br)c3c2)no1)C1CCOC1. The number of aromatic nitrogens is 2. The average Bonchev–Trinajstić information content (AvgIpc) is 3.30. The van der Waals surface area contributed by atoms with Crippen molar-refractivity contribution in [2.45, 2.75) is 12.5 Å². The fourth-order valence-electron chi connectivity index (χ4n) is 2.89. The maximum Gasteiger partial charge on any atom is 0.256 e. The molecule has 3 heterocycles. The molecule has 0 bridgehead atoms. The van der Waals surface area contributed by atoms with Gasteiger partial charge in [0.1, 0.15) is 6.10 Å². The van der Waals surface area contributed by atoms with Crippen LogP contribution in [0.2, 0.25) is 0 Å². The zero-order valence-corrected chi connectivity index (χ0v) is 14.9. The van der Waals surface area contributed by atoms with Crippen molar-refractivity contribution in [2.24, 2.45) is 5.92 Å². The lowest BCUT2D eigenvalue weighted by molar-refractivity contribution is 0.0210. The van der Waals surface area contributed by atoms with Gasteiger partial charge in [-0.25, -0.2) is 0 Å². The van der Waals surface area contributed by atoms with Gasteiger partial charge < -0.3 is 14.0 Å². The summed E-state index contributed by atoms with van der Waals surface area (Å²) in [6, 6.07) is 6.17. The molecule has 2 aromatic heterocycles. The first-order valence-electron chi connectivity index (χ1n) is 7.37. The fourth-order valence-corrected chi connectivity index (χ4v) is 4.43. The van der Waals surface area contributed by atoms with Crippen molar-refractivity contribution >= 4 is 37.4 Å². The number of rotatable bonds is 4. The van der Waals surface area contributed by atoms with Crippen LogP contribution in [0, 0.1) is 5.92 Å². The molecule has 2 unspecified atom stereocenters. The van der Waals surface area contributed by atoms with Gasteiger partial charge in [0, 0.05) is 45.1 Å². The predicted molar refractivity (Wildman–Crippen MR) is 91.5 cm³/mol. The molecular formula is C16H15BrN2O3S. The molecule has 1 fully saturated rings. The first kappa shape index (κ1) is 15.3. The largest absolute Gasteiger partial charge is 0.381 e. The lowest BCUT2D eigenvalue weighted by Gasteiger charge is -2.16. The molecule has 5 nitrogen and oxygen atoms in total. The Morgan fingerprint density at radius 1 is 1.43 bits per heavy atom. The molecule has 7 heteroatoms. The molecule has 4 rings (SSSR count). The Balaban J connectivity index is 1.66. The van der Waals surface area contributed by atoms with Gasteiger partial charge in [0.2, 0.25) is 5.82 Å². The van der Waals surface area contributed by atoms with E-state index in [4.69, 9.17) is 14.0 Å². The second kappa shape index (κ2) is 6.32. The van der Waals surface area contributed by atoms with Crippen LogP contribution in [0.15, 0.2) is 32.6 Å². The fraction of sp³-hybridized carbons (Fsp3) is 0.375. The Kier molecular flexibility index (Phi) is 4.19. The summed E-state index contributed by atoms with van der Waals surface area (Å²) in [5.41, 5.74) is 0.934. The van der Waals surface area contributed by atoms with E-state index in [0.717, 1.165) is 28.5 Å². The molecule has 0 radical (unpaired) electrons. The summed E-state index contributed by atoms with van der Waals surface area (Å²) >= 11 is 5.27. The molecule has 1 aliphatic heterocycles. The lowest BCUT2D eigenvalue weighted by Crippen LogP contribution is -2.15. The van der Waals surface area contributed by atoms with Crippen LogP contribution < -0.4 is 0 Å². The van der Waals surface area contributed by atoms with E-state index in [9.17, 15) is 0 Å². The zero-order chi connectivity index (χ0) is 15.8. The Hall–Kier alpha value is -1.28. The molecule has 0 amide bonds. The minimum atomic E-state index is -0.213. The van der Waals surface area contributed by atoms with Gasteiger partial charge in [0.25, 0.3) is 5.89 Å². The van der Waals surface area contributed by atoms with Crippen molar-refractivity contribution < 1.29 is 14.0 Å². The third-order valence-corrected chi connectivity index (χ3v) is 6.04. The molecule has 0 aliphatic carbocycles. The van der Waals surface area contributed by atoms with Crippen molar-refractivity contribution in [3.05, 3.63) is 33.9 Å². The highest BCUT2D eigenvalue weighted by Crippen LogP contribution is 2.34. The first-order valence-corrected chi connectivity index (χ1v) is 9.05. The molecular weight excluding hydrogens is 380 g/mol. The quantitative estimate of drug-likeness (QED) is 0.654. The van der Waals surface area contributed by atoms with E-state index in [1.165, 1.54) is 4.70 Å². The highest BCUT2D eigenvalue weighted by atomic mass is 79.9. The highest BCUT2D eigenvalue weighted by molar-refractivity contribution is 9.10. The Morgan fingerprint density at radius 2 is 2.35 bits per heavy atom. The summed E-state index contributed by atoms with van der Waals surface area (Å²) < 4.78 is 18.8. The van der Waals surface area contributed by atoms with Crippen LogP contribution in [0.25, 0.3) is 21.5 Å². The maximum atomic E-state index is 5.56. The average molecular weight is 395 g/mol. The number of hydrogen-bond donors (Lipinski definition) is 0. The number of ether oxygens (including phenoxy) is 2. The van der Waals surface area contributed by atoms with Crippen LogP contribution in [-0.4, -0.2) is 30.5 Å². The summed E-state index contributed by atoms with van der Waals surface area (Å²) in [6.07, 6.45) is 0.736. The molecule has 1 aromatic carbocycles. The summed E-state index contributed by atoms with van der Waals surface area (Å²) in [7, 11) is 1.67. The van der Waals surface area contributed by atoms with Crippen LogP contribution >= 0.6 is 27.3 Å². The Labute approximate surface area is 145 Å². The normalized spacial score (nSPS) is 19.5. The van der Waals surface area contributed by atoms with Gasteiger partial charge in [-0.1, -0.05) is 5.16 Å². The lowest BCUT2D eigenvalue weighted by atomic mass is 10.0. The van der Waals surface area contributed by atoms with Crippen LogP contribution in [0.1, 0.15) is 18.4 Å². The molecule has 3 aromatic rings. The molecule has 0 saturated carbocycles. The summed E-state index contributed by atoms with van der Waals surface area (Å²) in [5, 5.41) is 7.37. The van der Waals surface area contributed by atoms with Crippen molar-refractivity contribution in [3.8, 4) is 11.4 Å². The summed E-state index contributed by atoms with van der Waals surface area (Å²) in [4.78, 5) is 4.55. The number of methoxy groups -OCH3 is 1. The minimum Gasteiger partial charge on any atom is -0.381 e. The maximum absolute atomic E-state index is 5.56. The topological polar surface area (TPSA) is 57.4 Å². The van der Waals surface area contributed by atoms with Crippen molar-refractivity contribution in [1.82, 2.24) is 10.1 Å². The van der Waals surface area contributed by atoms with E-state index in [-0.39, 0.29) is 12.0 Å². The number of halogens is 1. The minimum absolute atomic E-state index is 0.213. The second-order valence-corrected chi connectivity index (χ2v) is 7.30. The Bertz CT molecular complexity index is 826. The third kappa shape index (κ3) is 2.82. The van der Waals surface area contributed by atoms with Crippen LogP contribution in [0.4, 0.5) is 0 Å². The van der Waals surface area contributed by atoms with E-state index in [1.54, 1.807) is 18.4 Å². The molecule has 120 valence electrons. The van der Waals surface area contributed by atoms with E-state index >= 15 is 0 Å².